The van der Waals surface area contributed by atoms with Crippen LogP contribution in [-0.4, -0.2) is 24.4 Å². The van der Waals surface area contributed by atoms with E-state index in [4.69, 9.17) is 5.73 Å². The summed E-state index contributed by atoms with van der Waals surface area (Å²) in [6, 6.07) is 3.04. The van der Waals surface area contributed by atoms with Crippen LogP contribution in [0.1, 0.15) is 25.5 Å². The van der Waals surface area contributed by atoms with Gasteiger partial charge in [-0.2, -0.15) is 0 Å². The number of halogens is 1. The van der Waals surface area contributed by atoms with E-state index >= 15 is 0 Å². The summed E-state index contributed by atoms with van der Waals surface area (Å²) in [5, 5.41) is 2.70. The average Bonchev–Trinajstić information content (AvgIpc) is 2.53. The first-order valence-corrected chi connectivity index (χ1v) is 6.06. The molecule has 0 saturated carbocycles. The van der Waals surface area contributed by atoms with E-state index in [2.05, 4.69) is 5.32 Å². The lowest BCUT2D eigenvalue weighted by Gasteiger charge is -2.18. The first-order valence-electron chi connectivity index (χ1n) is 6.06. The van der Waals surface area contributed by atoms with Crippen LogP contribution in [-0.2, 0) is 9.59 Å². The lowest BCUT2D eigenvalue weighted by Crippen LogP contribution is -2.42. The summed E-state index contributed by atoms with van der Waals surface area (Å²) in [7, 11) is 0. The van der Waals surface area contributed by atoms with Crippen LogP contribution in [0.15, 0.2) is 18.2 Å². The maximum absolute atomic E-state index is 13.2. The van der Waals surface area contributed by atoms with Crippen molar-refractivity contribution in [3.05, 3.63) is 29.6 Å². The lowest BCUT2D eigenvalue weighted by atomic mass is 10.1. The number of fused-ring (bicyclic) bond motifs is 1. The average molecular weight is 265 g/mol. The number of nitrogens with zero attached hydrogens (tertiary/aromatic N) is 1. The first kappa shape index (κ1) is 13.5. The van der Waals surface area contributed by atoms with E-state index in [-0.39, 0.29) is 24.4 Å². The highest BCUT2D eigenvalue weighted by atomic mass is 19.1. The number of anilines is 1. The number of nitrogens with one attached hydrogen (secondary N) is 1. The number of carbonyl (C=O) groups excluding carboxylic acids is 2. The zero-order valence-electron chi connectivity index (χ0n) is 10.8. The van der Waals surface area contributed by atoms with Crippen molar-refractivity contribution in [2.24, 2.45) is 5.73 Å². The molecule has 1 atom stereocenters. The third-order valence-electron chi connectivity index (χ3n) is 2.90. The second-order valence-electron chi connectivity index (χ2n) is 4.83. The summed E-state index contributed by atoms with van der Waals surface area (Å²) >= 11 is 0. The van der Waals surface area contributed by atoms with Crippen molar-refractivity contribution in [1.82, 2.24) is 5.32 Å². The van der Waals surface area contributed by atoms with Gasteiger partial charge in [0.2, 0.25) is 11.8 Å². The minimum absolute atomic E-state index is 0.00781. The van der Waals surface area contributed by atoms with Crippen LogP contribution >= 0.6 is 0 Å². The minimum atomic E-state index is -0.905. The van der Waals surface area contributed by atoms with Crippen molar-refractivity contribution in [1.29, 1.82) is 0 Å². The van der Waals surface area contributed by atoms with Gasteiger partial charge in [0, 0.05) is 17.3 Å². The molecule has 0 radical (unpaired) electrons. The first-order chi connectivity index (χ1) is 8.90. The SMILES string of the molecule is CC(C)NC(=O)CN1C(=O)C(N)c2cc(F)ccc21. The normalized spacial score (nSPS) is 17.8. The van der Waals surface area contributed by atoms with Crippen LogP contribution in [0, 0.1) is 5.82 Å². The zero-order valence-corrected chi connectivity index (χ0v) is 10.8. The van der Waals surface area contributed by atoms with Gasteiger partial charge in [0.25, 0.3) is 0 Å². The molecule has 0 fully saturated rings. The number of amides is 2. The Labute approximate surface area is 110 Å². The number of hydrogen-bond donors (Lipinski definition) is 2. The van der Waals surface area contributed by atoms with Crippen molar-refractivity contribution >= 4 is 17.5 Å². The molecule has 0 saturated heterocycles. The summed E-state index contributed by atoms with van der Waals surface area (Å²) in [6.45, 7) is 3.56. The topological polar surface area (TPSA) is 75.4 Å². The second kappa shape index (κ2) is 4.97. The van der Waals surface area contributed by atoms with E-state index in [0.717, 1.165) is 0 Å². The Morgan fingerprint density at radius 2 is 2.21 bits per heavy atom. The molecule has 19 heavy (non-hydrogen) atoms. The molecule has 0 spiro atoms. The van der Waals surface area contributed by atoms with Gasteiger partial charge in [-0.05, 0) is 32.0 Å². The molecular formula is C13H16FN3O2. The molecule has 0 aliphatic carbocycles. The van der Waals surface area contributed by atoms with Gasteiger partial charge in [0.1, 0.15) is 18.4 Å². The molecule has 2 amide bonds. The largest absolute Gasteiger partial charge is 0.352 e. The maximum Gasteiger partial charge on any atom is 0.249 e. The maximum atomic E-state index is 13.2. The molecule has 102 valence electrons. The second-order valence-corrected chi connectivity index (χ2v) is 4.83. The van der Waals surface area contributed by atoms with Crippen LogP contribution in [0.4, 0.5) is 10.1 Å². The summed E-state index contributed by atoms with van der Waals surface area (Å²) in [6.07, 6.45) is 0. The summed E-state index contributed by atoms with van der Waals surface area (Å²) < 4.78 is 13.2. The zero-order chi connectivity index (χ0) is 14.2. The Morgan fingerprint density at radius 1 is 1.53 bits per heavy atom. The van der Waals surface area contributed by atoms with Crippen LogP contribution in [0.25, 0.3) is 0 Å². The van der Waals surface area contributed by atoms with Gasteiger partial charge < -0.3 is 16.0 Å². The summed E-state index contributed by atoms with van der Waals surface area (Å²) in [5.41, 5.74) is 6.65. The van der Waals surface area contributed by atoms with Crippen molar-refractivity contribution in [2.45, 2.75) is 25.9 Å². The highest BCUT2D eigenvalue weighted by Gasteiger charge is 2.36. The van der Waals surface area contributed by atoms with E-state index < -0.39 is 11.9 Å². The molecule has 6 heteroatoms. The third kappa shape index (κ3) is 2.58. The standard InChI is InChI=1S/C13H16FN3O2/c1-7(2)16-11(18)6-17-10-4-3-8(14)5-9(10)12(15)13(17)19/h3-5,7,12H,6,15H2,1-2H3,(H,16,18). The minimum Gasteiger partial charge on any atom is -0.352 e. The van der Waals surface area contributed by atoms with E-state index in [0.29, 0.717) is 11.3 Å². The summed E-state index contributed by atoms with van der Waals surface area (Å²) in [5.74, 6) is -1.11. The molecule has 2 rings (SSSR count). The van der Waals surface area contributed by atoms with Crippen molar-refractivity contribution in [2.75, 3.05) is 11.4 Å². The number of hydrogen-bond acceptors (Lipinski definition) is 3. The molecule has 3 N–H and O–H groups in total. The van der Waals surface area contributed by atoms with Gasteiger partial charge in [-0.3, -0.25) is 9.59 Å². The highest BCUT2D eigenvalue weighted by molar-refractivity contribution is 6.07. The van der Waals surface area contributed by atoms with Crippen LogP contribution < -0.4 is 16.0 Å². The Balaban J connectivity index is 2.24. The van der Waals surface area contributed by atoms with Crippen molar-refractivity contribution in [3.63, 3.8) is 0 Å². The fraction of sp³-hybridized carbons (Fsp3) is 0.385. The predicted molar refractivity (Wildman–Crippen MR) is 69.0 cm³/mol. The predicted octanol–water partition coefficient (Wildman–Crippen LogP) is 0.697. The Hall–Kier alpha value is -1.95. The van der Waals surface area contributed by atoms with Crippen LogP contribution in [0.2, 0.25) is 0 Å². The highest BCUT2D eigenvalue weighted by Crippen LogP contribution is 2.34. The number of nitrogens with two attached hydrogens (primary N) is 1. The number of benzene rings is 1. The van der Waals surface area contributed by atoms with Crippen LogP contribution in [0.3, 0.4) is 0 Å². The monoisotopic (exact) mass is 265 g/mol. The number of carbonyl (C=O) groups is 2. The Morgan fingerprint density at radius 3 is 2.84 bits per heavy atom. The van der Waals surface area contributed by atoms with Gasteiger partial charge in [-0.25, -0.2) is 4.39 Å². The van der Waals surface area contributed by atoms with E-state index in [9.17, 15) is 14.0 Å². The van der Waals surface area contributed by atoms with E-state index in [1.165, 1.54) is 23.1 Å². The quantitative estimate of drug-likeness (QED) is 0.844. The van der Waals surface area contributed by atoms with Crippen LogP contribution in [0.5, 0.6) is 0 Å². The molecule has 1 aliphatic heterocycles. The molecule has 5 nitrogen and oxygen atoms in total. The Kier molecular flexibility index (Phi) is 3.53. The number of rotatable bonds is 3. The van der Waals surface area contributed by atoms with E-state index in [1.807, 2.05) is 13.8 Å². The molecule has 1 aromatic carbocycles. The molecule has 1 heterocycles. The third-order valence-corrected chi connectivity index (χ3v) is 2.90. The van der Waals surface area contributed by atoms with Crippen molar-refractivity contribution < 1.29 is 14.0 Å². The van der Waals surface area contributed by atoms with E-state index in [1.54, 1.807) is 0 Å². The van der Waals surface area contributed by atoms with Gasteiger partial charge in [0.05, 0.1) is 0 Å². The Bertz CT molecular complexity index is 531. The molecule has 1 unspecified atom stereocenters. The molecule has 0 bridgehead atoms. The van der Waals surface area contributed by atoms with Gasteiger partial charge in [-0.1, -0.05) is 0 Å². The smallest absolute Gasteiger partial charge is 0.249 e. The van der Waals surface area contributed by atoms with Gasteiger partial charge >= 0.3 is 0 Å². The fourth-order valence-electron chi connectivity index (χ4n) is 2.11. The summed E-state index contributed by atoms with van der Waals surface area (Å²) in [4.78, 5) is 25.0. The van der Waals surface area contributed by atoms with Gasteiger partial charge in [-0.15, -0.1) is 0 Å². The molecular weight excluding hydrogens is 249 g/mol. The lowest BCUT2D eigenvalue weighted by molar-refractivity contribution is -0.124. The van der Waals surface area contributed by atoms with Crippen molar-refractivity contribution in [3.8, 4) is 0 Å². The fourth-order valence-corrected chi connectivity index (χ4v) is 2.11. The molecule has 0 aromatic heterocycles. The molecule has 1 aromatic rings. The van der Waals surface area contributed by atoms with Gasteiger partial charge in [0.15, 0.2) is 0 Å². The molecule has 1 aliphatic rings.